The van der Waals surface area contributed by atoms with E-state index < -0.39 is 0 Å². The Balaban J connectivity index is 2.46. The number of aromatic nitrogens is 2. The third-order valence-corrected chi connectivity index (χ3v) is 3.63. The van der Waals surface area contributed by atoms with E-state index in [4.69, 9.17) is 0 Å². The molecule has 0 saturated carbocycles. The Bertz CT molecular complexity index is 330. The summed E-state index contributed by atoms with van der Waals surface area (Å²) in [5.41, 5.74) is 2.52. The van der Waals surface area contributed by atoms with Gasteiger partial charge in [-0.3, -0.25) is 4.68 Å². The molecule has 1 aromatic heterocycles. The number of hydrogen-bond acceptors (Lipinski definition) is 2. The van der Waals surface area contributed by atoms with Crippen LogP contribution in [0.25, 0.3) is 0 Å². The summed E-state index contributed by atoms with van der Waals surface area (Å²) in [6.45, 7) is 4.42. The van der Waals surface area contributed by atoms with Crippen LogP contribution in [-0.2, 0) is 13.5 Å². The third kappa shape index (κ3) is 4.45. The fraction of sp³-hybridized carbons (Fsp3) is 0.800. The number of nitrogens with one attached hydrogen (secondary N) is 1. The first kappa shape index (κ1) is 15.2. The average molecular weight is 251 g/mol. The van der Waals surface area contributed by atoms with E-state index in [0.717, 1.165) is 6.42 Å². The molecule has 0 aliphatic heterocycles. The topological polar surface area (TPSA) is 29.9 Å². The maximum absolute atomic E-state index is 4.53. The Morgan fingerprint density at radius 2 is 1.94 bits per heavy atom. The highest BCUT2D eigenvalue weighted by Gasteiger charge is 2.14. The van der Waals surface area contributed by atoms with Crippen LogP contribution in [0.1, 0.15) is 69.8 Å². The van der Waals surface area contributed by atoms with Crippen molar-refractivity contribution in [2.24, 2.45) is 7.05 Å². The van der Waals surface area contributed by atoms with Crippen LogP contribution in [-0.4, -0.2) is 16.8 Å². The molecule has 0 saturated heterocycles. The van der Waals surface area contributed by atoms with E-state index in [0.29, 0.717) is 6.04 Å². The molecule has 0 bridgehead atoms. The van der Waals surface area contributed by atoms with Gasteiger partial charge in [0.2, 0.25) is 0 Å². The summed E-state index contributed by atoms with van der Waals surface area (Å²) >= 11 is 0. The van der Waals surface area contributed by atoms with Crippen molar-refractivity contribution < 1.29 is 0 Å². The maximum Gasteiger partial charge on any atom is 0.0625 e. The van der Waals surface area contributed by atoms with Gasteiger partial charge >= 0.3 is 0 Å². The van der Waals surface area contributed by atoms with Gasteiger partial charge in [0.05, 0.1) is 11.4 Å². The van der Waals surface area contributed by atoms with Gasteiger partial charge in [0.15, 0.2) is 0 Å². The molecular formula is C15H29N3. The Hall–Kier alpha value is -0.830. The molecule has 0 aliphatic carbocycles. The molecule has 0 fully saturated rings. The molecule has 0 aliphatic rings. The van der Waals surface area contributed by atoms with Gasteiger partial charge in [-0.1, -0.05) is 46.0 Å². The molecule has 3 heteroatoms. The largest absolute Gasteiger partial charge is 0.312 e. The zero-order chi connectivity index (χ0) is 13.4. The molecule has 0 spiro atoms. The molecule has 0 amide bonds. The van der Waals surface area contributed by atoms with Crippen molar-refractivity contribution in [1.29, 1.82) is 0 Å². The second kappa shape index (κ2) is 8.30. The predicted octanol–water partition coefficient (Wildman–Crippen LogP) is 3.60. The van der Waals surface area contributed by atoms with E-state index in [2.05, 4.69) is 44.4 Å². The van der Waals surface area contributed by atoms with E-state index >= 15 is 0 Å². The summed E-state index contributed by atoms with van der Waals surface area (Å²) in [5.74, 6) is 0. The van der Waals surface area contributed by atoms with Gasteiger partial charge in [-0.15, -0.1) is 0 Å². The lowest BCUT2D eigenvalue weighted by Gasteiger charge is -2.16. The first-order chi connectivity index (χ1) is 8.72. The van der Waals surface area contributed by atoms with Crippen molar-refractivity contribution in [3.05, 3.63) is 17.5 Å². The zero-order valence-electron chi connectivity index (χ0n) is 12.5. The minimum absolute atomic E-state index is 0.449. The monoisotopic (exact) mass is 251 g/mol. The van der Waals surface area contributed by atoms with Crippen molar-refractivity contribution >= 4 is 0 Å². The highest BCUT2D eigenvalue weighted by molar-refractivity contribution is 5.14. The number of nitrogens with zero attached hydrogens (tertiary/aromatic N) is 2. The van der Waals surface area contributed by atoms with Gasteiger partial charge in [0, 0.05) is 13.1 Å². The van der Waals surface area contributed by atoms with Crippen molar-refractivity contribution in [1.82, 2.24) is 15.1 Å². The minimum Gasteiger partial charge on any atom is -0.312 e. The molecular weight excluding hydrogens is 222 g/mol. The number of hydrogen-bond donors (Lipinski definition) is 1. The van der Waals surface area contributed by atoms with Gasteiger partial charge in [-0.2, -0.15) is 5.10 Å². The molecule has 18 heavy (non-hydrogen) atoms. The SMILES string of the molecule is CCCCCCCC(NC)c1cc(CC)nn1C. The molecule has 0 aromatic carbocycles. The zero-order valence-corrected chi connectivity index (χ0v) is 12.5. The molecule has 1 rings (SSSR count). The van der Waals surface area contributed by atoms with Crippen LogP contribution in [0, 0.1) is 0 Å². The molecule has 1 unspecified atom stereocenters. The van der Waals surface area contributed by atoms with Crippen LogP contribution in [0.5, 0.6) is 0 Å². The highest BCUT2D eigenvalue weighted by atomic mass is 15.3. The first-order valence-corrected chi connectivity index (χ1v) is 7.43. The maximum atomic E-state index is 4.53. The third-order valence-electron chi connectivity index (χ3n) is 3.63. The van der Waals surface area contributed by atoms with Gasteiger partial charge < -0.3 is 5.32 Å². The molecule has 0 radical (unpaired) electrons. The Morgan fingerprint density at radius 3 is 2.50 bits per heavy atom. The predicted molar refractivity (Wildman–Crippen MR) is 77.8 cm³/mol. The van der Waals surface area contributed by atoms with Crippen LogP contribution in [0.3, 0.4) is 0 Å². The normalized spacial score (nSPS) is 12.9. The highest BCUT2D eigenvalue weighted by Crippen LogP contribution is 2.20. The first-order valence-electron chi connectivity index (χ1n) is 7.43. The Labute approximate surface area is 112 Å². The van der Waals surface area contributed by atoms with Crippen LogP contribution < -0.4 is 5.32 Å². The van der Waals surface area contributed by atoms with Crippen LogP contribution >= 0.6 is 0 Å². The Kier molecular flexibility index (Phi) is 7.02. The minimum atomic E-state index is 0.449. The van der Waals surface area contributed by atoms with E-state index in [9.17, 15) is 0 Å². The van der Waals surface area contributed by atoms with Crippen LogP contribution in [0.4, 0.5) is 0 Å². The van der Waals surface area contributed by atoms with E-state index in [-0.39, 0.29) is 0 Å². The van der Waals surface area contributed by atoms with Gasteiger partial charge in [0.25, 0.3) is 0 Å². The molecule has 3 nitrogen and oxygen atoms in total. The summed E-state index contributed by atoms with van der Waals surface area (Å²) in [4.78, 5) is 0. The number of aryl methyl sites for hydroxylation is 2. The van der Waals surface area contributed by atoms with Crippen molar-refractivity contribution in [2.75, 3.05) is 7.05 Å². The molecule has 1 atom stereocenters. The smallest absolute Gasteiger partial charge is 0.0625 e. The van der Waals surface area contributed by atoms with Crippen molar-refractivity contribution in [3.63, 3.8) is 0 Å². The van der Waals surface area contributed by atoms with E-state index in [1.165, 1.54) is 49.9 Å². The lowest BCUT2D eigenvalue weighted by molar-refractivity contribution is 0.473. The second-order valence-electron chi connectivity index (χ2n) is 5.08. The molecule has 1 aromatic rings. The van der Waals surface area contributed by atoms with E-state index in [1.54, 1.807) is 0 Å². The van der Waals surface area contributed by atoms with Gasteiger partial charge in [0.1, 0.15) is 0 Å². The van der Waals surface area contributed by atoms with E-state index in [1.807, 2.05) is 4.68 Å². The standard InChI is InChI=1S/C15H29N3/c1-5-7-8-9-10-11-14(16-3)15-12-13(6-2)17-18(15)4/h12,14,16H,5-11H2,1-4H3. The second-order valence-corrected chi connectivity index (χ2v) is 5.08. The van der Waals surface area contributed by atoms with Gasteiger partial charge in [-0.05, 0) is 26.0 Å². The van der Waals surface area contributed by atoms with Crippen molar-refractivity contribution in [3.8, 4) is 0 Å². The summed E-state index contributed by atoms with van der Waals surface area (Å²) in [6, 6.07) is 2.69. The van der Waals surface area contributed by atoms with Gasteiger partial charge in [-0.25, -0.2) is 0 Å². The number of unbranched alkanes of at least 4 members (excludes halogenated alkanes) is 4. The van der Waals surface area contributed by atoms with Crippen LogP contribution in [0.2, 0.25) is 0 Å². The fourth-order valence-corrected chi connectivity index (χ4v) is 2.43. The Morgan fingerprint density at radius 1 is 1.22 bits per heavy atom. The molecule has 1 N–H and O–H groups in total. The van der Waals surface area contributed by atoms with Crippen LogP contribution in [0.15, 0.2) is 6.07 Å². The lowest BCUT2D eigenvalue weighted by Crippen LogP contribution is -2.19. The summed E-state index contributed by atoms with van der Waals surface area (Å²) in [6.07, 6.45) is 8.94. The fourth-order valence-electron chi connectivity index (χ4n) is 2.43. The average Bonchev–Trinajstić information content (AvgIpc) is 2.75. The lowest BCUT2D eigenvalue weighted by atomic mass is 10.0. The van der Waals surface area contributed by atoms with Crippen molar-refractivity contribution in [2.45, 2.75) is 64.8 Å². The molecule has 1 heterocycles. The molecule has 104 valence electrons. The number of rotatable bonds is 9. The quantitative estimate of drug-likeness (QED) is 0.680. The summed E-state index contributed by atoms with van der Waals surface area (Å²) in [7, 11) is 4.10. The summed E-state index contributed by atoms with van der Waals surface area (Å²) in [5, 5.41) is 7.96. The summed E-state index contributed by atoms with van der Waals surface area (Å²) < 4.78 is 2.03.